The monoisotopic (exact) mass is 356 g/mol. The molecule has 7 heteroatoms. The molecule has 4 atom stereocenters. The lowest BCUT2D eigenvalue weighted by atomic mass is 9.53. The highest BCUT2D eigenvalue weighted by Crippen LogP contribution is 2.58. The van der Waals surface area contributed by atoms with Gasteiger partial charge in [0.1, 0.15) is 6.17 Å². The second-order valence-corrected chi connectivity index (χ2v) is 10.2. The van der Waals surface area contributed by atoms with E-state index >= 15 is 0 Å². The van der Waals surface area contributed by atoms with E-state index in [2.05, 4.69) is 70.9 Å². The summed E-state index contributed by atoms with van der Waals surface area (Å²) in [7, 11) is 0. The summed E-state index contributed by atoms with van der Waals surface area (Å²) < 4.78 is 0. The van der Waals surface area contributed by atoms with E-state index in [0.29, 0.717) is 0 Å². The Kier molecular flexibility index (Phi) is 4.83. The predicted molar refractivity (Wildman–Crippen MR) is 98.5 cm³/mol. The molecule has 4 unspecified atom stereocenters. The van der Waals surface area contributed by atoms with Crippen LogP contribution >= 0.6 is 0 Å². The van der Waals surface area contributed by atoms with E-state index in [-0.39, 0.29) is 33.0 Å². The second kappa shape index (κ2) is 5.87. The molecule has 2 aliphatic rings. The van der Waals surface area contributed by atoms with Crippen LogP contribution in [0.5, 0.6) is 0 Å². The minimum atomic E-state index is -1.18. The fraction of sp³-hybridized carbons (Fsp3) is 1.00. The fourth-order valence-corrected chi connectivity index (χ4v) is 4.97. The Bertz CT molecular complexity index is 518. The SMILES string of the molecule is CC1NC(O)C([N+](=O)[O-])C(N2C(C)(C)C(C)(C)CC(C)(C)C2(C)C)N1. The Labute approximate surface area is 151 Å². The van der Waals surface area contributed by atoms with Crippen molar-refractivity contribution in [3.05, 3.63) is 10.1 Å². The van der Waals surface area contributed by atoms with Gasteiger partial charge in [0.15, 0.2) is 6.23 Å². The maximum atomic E-state index is 11.8. The molecule has 0 amide bonds. The minimum Gasteiger partial charge on any atom is -0.372 e. The molecule has 0 bridgehead atoms. The Morgan fingerprint density at radius 1 is 1.00 bits per heavy atom. The lowest BCUT2D eigenvalue weighted by Crippen LogP contribution is -2.81. The maximum absolute atomic E-state index is 11.8. The van der Waals surface area contributed by atoms with Gasteiger partial charge in [-0.3, -0.25) is 25.6 Å². The van der Waals surface area contributed by atoms with Crippen LogP contribution in [0, 0.1) is 20.9 Å². The number of aliphatic hydroxyl groups excluding tert-OH is 1. The van der Waals surface area contributed by atoms with Crippen LogP contribution in [0.1, 0.15) is 68.7 Å². The highest BCUT2D eigenvalue weighted by Gasteiger charge is 2.64. The van der Waals surface area contributed by atoms with Gasteiger partial charge in [-0.25, -0.2) is 0 Å². The molecule has 25 heavy (non-hydrogen) atoms. The first-order valence-electron chi connectivity index (χ1n) is 9.19. The van der Waals surface area contributed by atoms with Crippen LogP contribution in [-0.4, -0.2) is 50.6 Å². The Hall–Kier alpha value is -0.760. The Morgan fingerprint density at radius 3 is 1.84 bits per heavy atom. The van der Waals surface area contributed by atoms with Crippen molar-refractivity contribution < 1.29 is 10.0 Å². The number of likely N-dealkylation sites (tertiary alicyclic amines) is 1. The zero-order valence-corrected chi connectivity index (χ0v) is 17.2. The minimum absolute atomic E-state index is 0.0477. The third-order valence-corrected chi connectivity index (χ3v) is 7.41. The Balaban J connectivity index is 2.62. The predicted octanol–water partition coefficient (Wildman–Crippen LogP) is 2.13. The highest BCUT2D eigenvalue weighted by molar-refractivity contribution is 5.15. The highest BCUT2D eigenvalue weighted by atomic mass is 16.6. The van der Waals surface area contributed by atoms with Gasteiger partial charge in [0.25, 0.3) is 6.04 Å². The van der Waals surface area contributed by atoms with Crippen molar-refractivity contribution in [1.29, 1.82) is 0 Å². The smallest absolute Gasteiger partial charge is 0.279 e. The van der Waals surface area contributed by atoms with Crippen LogP contribution in [0.25, 0.3) is 0 Å². The van der Waals surface area contributed by atoms with E-state index in [4.69, 9.17) is 0 Å². The van der Waals surface area contributed by atoms with Crippen LogP contribution in [-0.2, 0) is 0 Å². The molecule has 2 saturated heterocycles. The average molecular weight is 357 g/mol. The molecule has 2 fully saturated rings. The van der Waals surface area contributed by atoms with Crippen LogP contribution in [0.4, 0.5) is 0 Å². The molecule has 2 heterocycles. The lowest BCUT2D eigenvalue weighted by Gasteiger charge is -2.69. The van der Waals surface area contributed by atoms with E-state index in [1.165, 1.54) is 0 Å². The van der Waals surface area contributed by atoms with Gasteiger partial charge in [-0.05, 0) is 51.9 Å². The van der Waals surface area contributed by atoms with Crippen molar-refractivity contribution >= 4 is 0 Å². The van der Waals surface area contributed by atoms with Gasteiger partial charge in [-0.1, -0.05) is 27.7 Å². The van der Waals surface area contributed by atoms with Crippen molar-refractivity contribution in [3.8, 4) is 0 Å². The molecule has 146 valence electrons. The number of hydrogen-bond acceptors (Lipinski definition) is 6. The molecule has 3 N–H and O–H groups in total. The van der Waals surface area contributed by atoms with Crippen LogP contribution in [0.3, 0.4) is 0 Å². The molecule has 0 spiro atoms. The number of nitrogens with one attached hydrogen (secondary N) is 2. The molecule has 2 aliphatic heterocycles. The number of rotatable bonds is 2. The van der Waals surface area contributed by atoms with Gasteiger partial charge in [0.05, 0.1) is 6.17 Å². The van der Waals surface area contributed by atoms with Gasteiger partial charge in [0, 0.05) is 16.0 Å². The number of hydrogen-bond donors (Lipinski definition) is 3. The standard InChI is InChI=1S/C18H36N4O3/c1-11-19-13(12(22(24)25)14(23)20-11)21-17(6,7)15(2,3)10-16(4,5)18(21,8)9/h11-14,19-20,23H,10H2,1-9H3. The van der Waals surface area contributed by atoms with Gasteiger partial charge in [-0.15, -0.1) is 0 Å². The summed E-state index contributed by atoms with van der Waals surface area (Å²) in [4.78, 5) is 13.7. The van der Waals surface area contributed by atoms with E-state index < -0.39 is 18.4 Å². The first kappa shape index (κ1) is 20.6. The molecular weight excluding hydrogens is 320 g/mol. The average Bonchev–Trinajstić information content (AvgIpc) is 2.33. The first-order valence-corrected chi connectivity index (χ1v) is 9.19. The largest absolute Gasteiger partial charge is 0.372 e. The lowest BCUT2D eigenvalue weighted by molar-refractivity contribution is -0.552. The van der Waals surface area contributed by atoms with Crippen molar-refractivity contribution in [2.24, 2.45) is 10.8 Å². The number of nitro groups is 1. The summed E-state index contributed by atoms with van der Waals surface area (Å²) in [6, 6.07) is -1.14. The molecule has 0 saturated carbocycles. The van der Waals surface area contributed by atoms with Crippen LogP contribution in [0.2, 0.25) is 0 Å². The molecule has 7 nitrogen and oxygen atoms in total. The molecule has 0 aromatic carbocycles. The summed E-state index contributed by atoms with van der Waals surface area (Å²) >= 11 is 0. The zero-order chi connectivity index (χ0) is 19.6. The number of nitrogens with zero attached hydrogens (tertiary/aromatic N) is 2. The van der Waals surface area contributed by atoms with Crippen molar-refractivity contribution in [2.45, 2.75) is 104 Å². The molecule has 2 rings (SSSR count). The summed E-state index contributed by atoms with van der Waals surface area (Å²) in [5.74, 6) is 0. The summed E-state index contributed by atoms with van der Waals surface area (Å²) in [5, 5.41) is 28.4. The third-order valence-electron chi connectivity index (χ3n) is 7.41. The summed E-state index contributed by atoms with van der Waals surface area (Å²) in [5.41, 5.74) is -0.689. The van der Waals surface area contributed by atoms with Crippen LogP contribution < -0.4 is 10.6 Å². The summed E-state index contributed by atoms with van der Waals surface area (Å²) in [6.45, 7) is 19.5. The first-order chi connectivity index (χ1) is 11.1. The van der Waals surface area contributed by atoms with Crippen molar-refractivity contribution in [1.82, 2.24) is 15.5 Å². The van der Waals surface area contributed by atoms with Crippen molar-refractivity contribution in [2.75, 3.05) is 0 Å². The van der Waals surface area contributed by atoms with E-state index in [1.54, 1.807) is 0 Å². The molecule has 0 radical (unpaired) electrons. The van der Waals surface area contributed by atoms with Gasteiger partial charge < -0.3 is 5.11 Å². The quantitative estimate of drug-likeness (QED) is 0.519. The topological polar surface area (TPSA) is 90.7 Å². The molecular formula is C18H36N4O3. The Morgan fingerprint density at radius 2 is 1.44 bits per heavy atom. The van der Waals surface area contributed by atoms with Gasteiger partial charge >= 0.3 is 0 Å². The zero-order valence-electron chi connectivity index (χ0n) is 17.2. The molecule has 0 aromatic heterocycles. The maximum Gasteiger partial charge on any atom is 0.279 e. The van der Waals surface area contributed by atoms with E-state index in [0.717, 1.165) is 6.42 Å². The van der Waals surface area contributed by atoms with Crippen LogP contribution in [0.15, 0.2) is 0 Å². The third kappa shape index (κ3) is 2.99. The fourth-order valence-electron chi connectivity index (χ4n) is 4.97. The van der Waals surface area contributed by atoms with E-state index in [9.17, 15) is 15.2 Å². The number of aliphatic hydroxyl groups is 1. The van der Waals surface area contributed by atoms with Gasteiger partial charge in [0.2, 0.25) is 0 Å². The normalized spacial score (nSPS) is 39.8. The molecule has 0 aromatic rings. The second-order valence-electron chi connectivity index (χ2n) is 10.2. The van der Waals surface area contributed by atoms with Crippen molar-refractivity contribution in [3.63, 3.8) is 0 Å². The summed E-state index contributed by atoms with van der Waals surface area (Å²) in [6.07, 6.45) is -0.944. The molecule has 0 aliphatic carbocycles. The van der Waals surface area contributed by atoms with E-state index in [1.807, 2.05) is 6.92 Å². The van der Waals surface area contributed by atoms with Gasteiger partial charge in [-0.2, -0.15) is 0 Å². The number of piperidine rings is 1.